The van der Waals surface area contributed by atoms with Crippen molar-refractivity contribution in [2.24, 2.45) is 11.5 Å². The second-order valence-corrected chi connectivity index (χ2v) is 2.71. The molecular weight excluding hydrogens is 148 g/mol. The summed E-state index contributed by atoms with van der Waals surface area (Å²) in [5.41, 5.74) is 14.4. The van der Waals surface area contributed by atoms with Crippen LogP contribution < -0.4 is 11.5 Å². The van der Waals surface area contributed by atoms with Crippen molar-refractivity contribution in [2.75, 3.05) is 0 Å². The van der Waals surface area contributed by atoms with Crippen molar-refractivity contribution in [3.05, 3.63) is 41.1 Å². The van der Waals surface area contributed by atoms with Crippen LogP contribution >= 0.6 is 0 Å². The number of hydrogen-bond acceptors (Lipinski definition) is 2. The molecule has 0 aliphatic rings. The first-order valence-corrected chi connectivity index (χ1v) is 3.96. The second kappa shape index (κ2) is 3.93. The Kier molecular flexibility index (Phi) is 2.88. The van der Waals surface area contributed by atoms with Crippen molar-refractivity contribution in [2.45, 2.75) is 13.5 Å². The van der Waals surface area contributed by atoms with Gasteiger partial charge in [-0.2, -0.15) is 0 Å². The highest BCUT2D eigenvalue weighted by Crippen LogP contribution is 2.14. The summed E-state index contributed by atoms with van der Waals surface area (Å²) in [6.45, 7) is 2.61. The predicted molar refractivity (Wildman–Crippen MR) is 52.3 cm³/mol. The molecule has 0 atom stereocenters. The van der Waals surface area contributed by atoms with Gasteiger partial charge in [0, 0.05) is 6.54 Å². The van der Waals surface area contributed by atoms with Crippen LogP contribution in [0.2, 0.25) is 0 Å². The van der Waals surface area contributed by atoms with E-state index >= 15 is 0 Å². The van der Waals surface area contributed by atoms with E-state index in [2.05, 4.69) is 13.0 Å². The maximum atomic E-state index is 5.58. The van der Waals surface area contributed by atoms with Gasteiger partial charge in [0.2, 0.25) is 0 Å². The molecule has 0 amide bonds. The molecule has 0 heterocycles. The van der Waals surface area contributed by atoms with Gasteiger partial charge in [0.15, 0.2) is 0 Å². The van der Waals surface area contributed by atoms with Crippen LogP contribution in [0.1, 0.15) is 16.7 Å². The van der Waals surface area contributed by atoms with Crippen LogP contribution in [-0.2, 0) is 6.54 Å². The van der Waals surface area contributed by atoms with Crippen LogP contribution in [0.4, 0.5) is 0 Å². The van der Waals surface area contributed by atoms with Crippen LogP contribution in [0.3, 0.4) is 0 Å². The van der Waals surface area contributed by atoms with E-state index < -0.39 is 0 Å². The molecule has 0 spiro atoms. The topological polar surface area (TPSA) is 52.0 Å². The maximum absolute atomic E-state index is 5.58. The number of hydrogen-bond donors (Lipinski definition) is 2. The molecule has 4 N–H and O–H groups in total. The van der Waals surface area contributed by atoms with Crippen molar-refractivity contribution in [3.63, 3.8) is 0 Å². The molecule has 1 aromatic carbocycles. The number of benzene rings is 1. The normalized spacial score (nSPS) is 10.8. The Morgan fingerprint density at radius 3 is 2.75 bits per heavy atom. The first kappa shape index (κ1) is 8.81. The van der Waals surface area contributed by atoms with E-state index in [4.69, 9.17) is 11.5 Å². The Morgan fingerprint density at radius 2 is 2.17 bits per heavy atom. The van der Waals surface area contributed by atoms with Crippen molar-refractivity contribution >= 4 is 6.08 Å². The van der Waals surface area contributed by atoms with Crippen LogP contribution in [0, 0.1) is 6.92 Å². The highest BCUT2D eigenvalue weighted by atomic mass is 14.5. The monoisotopic (exact) mass is 162 g/mol. The quantitative estimate of drug-likeness (QED) is 0.690. The Hall–Kier alpha value is -1.28. The van der Waals surface area contributed by atoms with Gasteiger partial charge in [-0.25, -0.2) is 0 Å². The molecule has 2 heteroatoms. The van der Waals surface area contributed by atoms with E-state index in [0.29, 0.717) is 6.54 Å². The zero-order valence-electron chi connectivity index (χ0n) is 7.25. The highest BCUT2D eigenvalue weighted by molar-refractivity contribution is 5.57. The first-order chi connectivity index (χ1) is 5.79. The van der Waals surface area contributed by atoms with Crippen LogP contribution in [-0.4, -0.2) is 0 Å². The molecule has 0 aliphatic carbocycles. The summed E-state index contributed by atoms with van der Waals surface area (Å²) in [5.74, 6) is 0. The van der Waals surface area contributed by atoms with Crippen molar-refractivity contribution in [1.29, 1.82) is 0 Å². The standard InChI is InChI=1S/C10H14N2/c1-8-3-2-4-9(7-12)10(8)5-6-11/h2-6H,7,11-12H2,1H3/b6-5+. The van der Waals surface area contributed by atoms with Gasteiger partial charge in [-0.1, -0.05) is 18.2 Å². The van der Waals surface area contributed by atoms with Gasteiger partial charge in [-0.05, 0) is 35.9 Å². The maximum Gasteiger partial charge on any atom is 0.0184 e. The average molecular weight is 162 g/mol. The fourth-order valence-corrected chi connectivity index (χ4v) is 1.25. The highest BCUT2D eigenvalue weighted by Gasteiger charge is 1.98. The molecule has 0 saturated carbocycles. The first-order valence-electron chi connectivity index (χ1n) is 3.96. The SMILES string of the molecule is Cc1cccc(CN)c1/C=C/N. The van der Waals surface area contributed by atoms with Crippen LogP contribution in [0.25, 0.3) is 6.08 Å². The summed E-state index contributed by atoms with van der Waals surface area (Å²) in [5, 5.41) is 0. The Balaban J connectivity index is 3.19. The van der Waals surface area contributed by atoms with Crippen LogP contribution in [0.15, 0.2) is 24.4 Å². The zero-order chi connectivity index (χ0) is 8.97. The number of rotatable bonds is 2. The molecule has 0 fully saturated rings. The third kappa shape index (κ3) is 1.66. The van der Waals surface area contributed by atoms with Crippen molar-refractivity contribution in [3.8, 4) is 0 Å². The Labute approximate surface area is 72.9 Å². The fraction of sp³-hybridized carbons (Fsp3) is 0.200. The van der Waals surface area contributed by atoms with Crippen molar-refractivity contribution in [1.82, 2.24) is 0 Å². The minimum atomic E-state index is 0.557. The molecule has 0 bridgehead atoms. The van der Waals surface area contributed by atoms with E-state index in [-0.39, 0.29) is 0 Å². The summed E-state index contributed by atoms with van der Waals surface area (Å²) in [7, 11) is 0. The lowest BCUT2D eigenvalue weighted by Crippen LogP contribution is -2.00. The molecule has 0 aromatic heterocycles. The van der Waals surface area contributed by atoms with Gasteiger partial charge < -0.3 is 11.5 Å². The summed E-state index contributed by atoms with van der Waals surface area (Å²) < 4.78 is 0. The predicted octanol–water partition coefficient (Wildman–Crippen LogP) is 1.38. The zero-order valence-corrected chi connectivity index (χ0v) is 7.25. The Bertz CT molecular complexity index is 290. The Morgan fingerprint density at radius 1 is 1.42 bits per heavy atom. The fourth-order valence-electron chi connectivity index (χ4n) is 1.25. The van der Waals surface area contributed by atoms with Gasteiger partial charge in [-0.3, -0.25) is 0 Å². The van der Waals surface area contributed by atoms with E-state index in [1.165, 1.54) is 5.56 Å². The largest absolute Gasteiger partial charge is 0.405 e. The molecule has 64 valence electrons. The lowest BCUT2D eigenvalue weighted by atomic mass is 10.0. The molecule has 1 rings (SSSR count). The lowest BCUT2D eigenvalue weighted by Gasteiger charge is -2.05. The molecule has 0 saturated heterocycles. The summed E-state index contributed by atoms with van der Waals surface area (Å²) in [6, 6.07) is 6.07. The number of aryl methyl sites for hydroxylation is 1. The van der Waals surface area contributed by atoms with E-state index in [1.807, 2.05) is 18.2 Å². The molecule has 12 heavy (non-hydrogen) atoms. The number of nitrogens with two attached hydrogens (primary N) is 2. The minimum Gasteiger partial charge on any atom is -0.405 e. The smallest absolute Gasteiger partial charge is 0.0184 e. The summed E-state index contributed by atoms with van der Waals surface area (Å²) in [6.07, 6.45) is 3.43. The molecule has 0 aliphatic heterocycles. The van der Waals surface area contributed by atoms with E-state index in [0.717, 1.165) is 11.1 Å². The van der Waals surface area contributed by atoms with E-state index in [1.54, 1.807) is 6.20 Å². The van der Waals surface area contributed by atoms with Crippen molar-refractivity contribution < 1.29 is 0 Å². The van der Waals surface area contributed by atoms with Crippen LogP contribution in [0.5, 0.6) is 0 Å². The van der Waals surface area contributed by atoms with Gasteiger partial charge in [0.25, 0.3) is 0 Å². The lowest BCUT2D eigenvalue weighted by molar-refractivity contribution is 1.06. The average Bonchev–Trinajstić information content (AvgIpc) is 2.09. The third-order valence-corrected chi connectivity index (χ3v) is 1.90. The van der Waals surface area contributed by atoms with E-state index in [9.17, 15) is 0 Å². The van der Waals surface area contributed by atoms with Gasteiger partial charge in [-0.15, -0.1) is 0 Å². The molecule has 0 unspecified atom stereocenters. The molecule has 1 aromatic rings. The molecule has 2 nitrogen and oxygen atoms in total. The third-order valence-electron chi connectivity index (χ3n) is 1.90. The van der Waals surface area contributed by atoms with Gasteiger partial charge >= 0.3 is 0 Å². The molecular formula is C10H14N2. The van der Waals surface area contributed by atoms with Gasteiger partial charge in [0.1, 0.15) is 0 Å². The summed E-state index contributed by atoms with van der Waals surface area (Å²) in [4.78, 5) is 0. The molecule has 0 radical (unpaired) electrons. The van der Waals surface area contributed by atoms with Gasteiger partial charge in [0.05, 0.1) is 0 Å². The summed E-state index contributed by atoms with van der Waals surface area (Å²) >= 11 is 0. The second-order valence-electron chi connectivity index (χ2n) is 2.71. The minimum absolute atomic E-state index is 0.557.